The number of carbonyl (C=O) groups is 1. The average molecular weight is 362 g/mol. The number of ether oxygens (including phenoxy) is 1. The molecule has 25 heavy (non-hydrogen) atoms. The second-order valence-corrected chi connectivity index (χ2v) is 6.37. The highest BCUT2D eigenvalue weighted by Gasteiger charge is 2.15. The summed E-state index contributed by atoms with van der Waals surface area (Å²) in [6.45, 7) is 1.50. The van der Waals surface area contributed by atoms with Gasteiger partial charge in [-0.2, -0.15) is 0 Å². The van der Waals surface area contributed by atoms with Gasteiger partial charge in [0, 0.05) is 11.6 Å². The zero-order valence-corrected chi connectivity index (χ0v) is 15.3. The predicted molar refractivity (Wildman–Crippen MR) is 101 cm³/mol. The molecule has 0 saturated carbocycles. The Morgan fingerprint density at radius 3 is 2.60 bits per heavy atom. The average Bonchev–Trinajstić information content (AvgIpc) is 2.59. The first-order valence-corrected chi connectivity index (χ1v) is 8.55. The highest BCUT2D eigenvalue weighted by atomic mass is 35.5. The summed E-state index contributed by atoms with van der Waals surface area (Å²) >= 11 is 5.90. The molecule has 134 valence electrons. The first kappa shape index (κ1) is 19.1. The van der Waals surface area contributed by atoms with Gasteiger partial charge in [-0.25, -0.2) is 4.79 Å². The van der Waals surface area contributed by atoms with Gasteiger partial charge in [0.1, 0.15) is 12.4 Å². The van der Waals surface area contributed by atoms with Crippen LogP contribution in [0, 0.1) is 0 Å². The lowest BCUT2D eigenvalue weighted by atomic mass is 10.1. The molecule has 0 bridgehead atoms. The minimum atomic E-state index is -0.217. The first-order chi connectivity index (χ1) is 12.0. The topological polar surface area (TPSA) is 53.6 Å². The predicted octanol–water partition coefficient (Wildman–Crippen LogP) is 3.32. The van der Waals surface area contributed by atoms with Crippen LogP contribution in [-0.4, -0.2) is 44.7 Å². The number of halogens is 1. The van der Waals surface area contributed by atoms with E-state index in [1.807, 2.05) is 61.5 Å². The third kappa shape index (κ3) is 7.03. The molecule has 1 unspecified atom stereocenters. The van der Waals surface area contributed by atoms with Crippen LogP contribution in [0.15, 0.2) is 54.6 Å². The smallest absolute Gasteiger partial charge is 0.315 e. The maximum absolute atomic E-state index is 12.2. The maximum atomic E-state index is 12.2. The molecule has 0 saturated heterocycles. The second kappa shape index (κ2) is 9.91. The molecule has 2 rings (SSSR count). The van der Waals surface area contributed by atoms with Gasteiger partial charge in [0.15, 0.2) is 0 Å². The van der Waals surface area contributed by atoms with E-state index in [4.69, 9.17) is 16.3 Å². The van der Waals surface area contributed by atoms with Gasteiger partial charge < -0.3 is 20.3 Å². The van der Waals surface area contributed by atoms with Crippen LogP contribution in [0.5, 0.6) is 5.75 Å². The molecule has 0 heterocycles. The van der Waals surface area contributed by atoms with Crippen LogP contribution in [0.2, 0.25) is 5.02 Å². The van der Waals surface area contributed by atoms with Crippen LogP contribution < -0.4 is 15.4 Å². The third-order valence-electron chi connectivity index (χ3n) is 3.51. The van der Waals surface area contributed by atoms with Gasteiger partial charge in [-0.1, -0.05) is 48.0 Å². The van der Waals surface area contributed by atoms with Crippen molar-refractivity contribution in [1.29, 1.82) is 0 Å². The molecular weight excluding hydrogens is 338 g/mol. The molecule has 2 N–H and O–H groups in total. The van der Waals surface area contributed by atoms with E-state index in [-0.39, 0.29) is 12.1 Å². The van der Waals surface area contributed by atoms with Crippen molar-refractivity contribution in [3.63, 3.8) is 0 Å². The monoisotopic (exact) mass is 361 g/mol. The quantitative estimate of drug-likeness (QED) is 0.709. The molecule has 2 amide bonds. The van der Waals surface area contributed by atoms with Gasteiger partial charge in [-0.15, -0.1) is 0 Å². The number of benzene rings is 2. The number of hydrogen-bond donors (Lipinski definition) is 2. The van der Waals surface area contributed by atoms with E-state index in [0.717, 1.165) is 12.1 Å². The number of urea groups is 1. The molecule has 0 spiro atoms. The van der Waals surface area contributed by atoms with E-state index in [1.54, 1.807) is 12.1 Å². The van der Waals surface area contributed by atoms with Gasteiger partial charge in [-0.3, -0.25) is 0 Å². The van der Waals surface area contributed by atoms with E-state index in [9.17, 15) is 4.79 Å². The number of likely N-dealkylation sites (N-methyl/N-ethyl adjacent to an activating group) is 1. The lowest BCUT2D eigenvalue weighted by Crippen LogP contribution is -2.42. The van der Waals surface area contributed by atoms with E-state index in [0.29, 0.717) is 23.9 Å². The molecule has 0 aliphatic heterocycles. The van der Waals surface area contributed by atoms with E-state index in [1.165, 1.54) is 0 Å². The molecule has 0 fully saturated rings. The summed E-state index contributed by atoms with van der Waals surface area (Å²) in [5.41, 5.74) is 1.07. The molecular formula is C19H24ClN3O2. The van der Waals surface area contributed by atoms with Gasteiger partial charge in [0.2, 0.25) is 0 Å². The summed E-state index contributed by atoms with van der Waals surface area (Å²) in [6, 6.07) is 16.8. The number of amides is 2. The van der Waals surface area contributed by atoms with E-state index >= 15 is 0 Å². The van der Waals surface area contributed by atoms with Crippen LogP contribution in [0.25, 0.3) is 0 Å². The van der Waals surface area contributed by atoms with Crippen LogP contribution in [0.1, 0.15) is 11.6 Å². The number of nitrogens with zero attached hydrogens (tertiary/aromatic N) is 1. The molecule has 6 heteroatoms. The van der Waals surface area contributed by atoms with E-state index in [2.05, 4.69) is 10.6 Å². The van der Waals surface area contributed by atoms with Crippen molar-refractivity contribution in [3.8, 4) is 5.75 Å². The van der Waals surface area contributed by atoms with E-state index < -0.39 is 0 Å². The second-order valence-electron chi connectivity index (χ2n) is 5.93. The SMILES string of the molecule is CN(C)CC(NC(=O)NCCOc1cccc(Cl)c1)c1ccccc1. The summed E-state index contributed by atoms with van der Waals surface area (Å²) in [4.78, 5) is 14.2. The fraction of sp³-hybridized carbons (Fsp3) is 0.316. The minimum absolute atomic E-state index is 0.0787. The van der Waals surface area contributed by atoms with Gasteiger partial charge in [0.05, 0.1) is 12.6 Å². The normalized spacial score (nSPS) is 11.8. The standard InChI is InChI=1S/C19H24ClN3O2/c1-23(2)14-18(15-7-4-3-5-8-15)22-19(24)21-11-12-25-17-10-6-9-16(20)13-17/h3-10,13,18H,11-12,14H2,1-2H3,(H2,21,22,24). The zero-order valence-electron chi connectivity index (χ0n) is 14.5. The van der Waals surface area contributed by atoms with Crippen molar-refractivity contribution in [2.75, 3.05) is 33.8 Å². The molecule has 0 aliphatic carbocycles. The Balaban J connectivity index is 1.78. The summed E-state index contributed by atoms with van der Waals surface area (Å²) in [5, 5.41) is 6.44. The first-order valence-electron chi connectivity index (χ1n) is 8.17. The van der Waals surface area contributed by atoms with Crippen LogP contribution in [0.3, 0.4) is 0 Å². The highest BCUT2D eigenvalue weighted by molar-refractivity contribution is 6.30. The lowest BCUT2D eigenvalue weighted by molar-refractivity contribution is 0.229. The molecule has 0 aromatic heterocycles. The summed E-state index contributed by atoms with van der Waals surface area (Å²) in [7, 11) is 3.96. The summed E-state index contributed by atoms with van der Waals surface area (Å²) in [5.74, 6) is 0.685. The fourth-order valence-electron chi connectivity index (χ4n) is 2.38. The van der Waals surface area contributed by atoms with Gasteiger partial charge in [-0.05, 0) is 37.9 Å². The van der Waals surface area contributed by atoms with Crippen molar-refractivity contribution in [2.45, 2.75) is 6.04 Å². The van der Waals surface area contributed by atoms with Crippen LogP contribution >= 0.6 is 11.6 Å². The number of nitrogens with one attached hydrogen (secondary N) is 2. The Labute approximate surface area is 153 Å². The molecule has 5 nitrogen and oxygen atoms in total. The summed E-state index contributed by atoms with van der Waals surface area (Å²) in [6.07, 6.45) is 0. The Morgan fingerprint density at radius 2 is 1.92 bits per heavy atom. The Kier molecular flexibility index (Phi) is 7.57. The summed E-state index contributed by atoms with van der Waals surface area (Å²) < 4.78 is 5.56. The zero-order chi connectivity index (χ0) is 18.1. The molecule has 2 aromatic rings. The van der Waals surface area contributed by atoms with Crippen molar-refractivity contribution >= 4 is 17.6 Å². The number of hydrogen-bond acceptors (Lipinski definition) is 3. The van der Waals surface area contributed by atoms with Gasteiger partial charge in [0.25, 0.3) is 0 Å². The van der Waals surface area contributed by atoms with Crippen LogP contribution in [0.4, 0.5) is 4.79 Å². The minimum Gasteiger partial charge on any atom is -0.492 e. The molecule has 0 radical (unpaired) electrons. The molecule has 1 atom stereocenters. The number of rotatable bonds is 8. The Bertz CT molecular complexity index is 665. The molecule has 0 aliphatic rings. The van der Waals surface area contributed by atoms with Crippen molar-refractivity contribution in [2.24, 2.45) is 0 Å². The van der Waals surface area contributed by atoms with Gasteiger partial charge >= 0.3 is 6.03 Å². The Hall–Kier alpha value is -2.24. The largest absolute Gasteiger partial charge is 0.492 e. The lowest BCUT2D eigenvalue weighted by Gasteiger charge is -2.23. The fourth-order valence-corrected chi connectivity index (χ4v) is 2.56. The highest BCUT2D eigenvalue weighted by Crippen LogP contribution is 2.16. The van der Waals surface area contributed by atoms with Crippen molar-refractivity contribution in [3.05, 3.63) is 65.2 Å². The van der Waals surface area contributed by atoms with Crippen molar-refractivity contribution < 1.29 is 9.53 Å². The van der Waals surface area contributed by atoms with Crippen LogP contribution in [-0.2, 0) is 0 Å². The Morgan fingerprint density at radius 1 is 1.16 bits per heavy atom. The number of carbonyl (C=O) groups excluding carboxylic acids is 1. The molecule has 2 aromatic carbocycles. The maximum Gasteiger partial charge on any atom is 0.315 e. The van der Waals surface area contributed by atoms with Crippen molar-refractivity contribution in [1.82, 2.24) is 15.5 Å². The third-order valence-corrected chi connectivity index (χ3v) is 3.74.